The second-order valence-electron chi connectivity index (χ2n) is 6.42. The third-order valence-electron chi connectivity index (χ3n) is 4.37. The van der Waals surface area contributed by atoms with Crippen LogP contribution in [0.1, 0.15) is 31.7 Å². The van der Waals surface area contributed by atoms with Crippen LogP contribution in [0.15, 0.2) is 24.4 Å². The number of aliphatic hydroxyl groups excluding tert-OH is 1. The average molecular weight is 345 g/mol. The normalized spacial score (nSPS) is 15.0. The first-order chi connectivity index (χ1) is 12.2. The molecule has 0 fully saturated rings. The molecule has 1 aromatic carbocycles. The van der Waals surface area contributed by atoms with E-state index < -0.39 is 0 Å². The van der Waals surface area contributed by atoms with Crippen LogP contribution < -0.4 is 14.8 Å². The van der Waals surface area contributed by atoms with E-state index in [0.717, 1.165) is 54.1 Å². The van der Waals surface area contributed by atoms with E-state index in [1.54, 1.807) is 0 Å². The monoisotopic (exact) mass is 345 g/mol. The van der Waals surface area contributed by atoms with Crippen LogP contribution in [-0.4, -0.2) is 40.7 Å². The summed E-state index contributed by atoms with van der Waals surface area (Å²) in [6.45, 7) is 4.86. The number of nitrogens with one attached hydrogen (secondary N) is 1. The first-order valence-electron chi connectivity index (χ1n) is 8.98. The Morgan fingerprint density at radius 2 is 2.08 bits per heavy atom. The molecule has 6 heteroatoms. The zero-order valence-corrected chi connectivity index (χ0v) is 15.0. The first-order valence-corrected chi connectivity index (χ1v) is 8.98. The molecule has 0 spiro atoms. The zero-order valence-electron chi connectivity index (χ0n) is 15.0. The van der Waals surface area contributed by atoms with E-state index in [1.165, 1.54) is 0 Å². The lowest BCUT2D eigenvalue weighted by atomic mass is 10.1. The van der Waals surface area contributed by atoms with Gasteiger partial charge >= 0.3 is 0 Å². The van der Waals surface area contributed by atoms with Gasteiger partial charge in [0.05, 0.1) is 25.0 Å². The van der Waals surface area contributed by atoms with Crippen molar-refractivity contribution < 1.29 is 14.6 Å². The lowest BCUT2D eigenvalue weighted by molar-refractivity contribution is 0.159. The maximum atomic E-state index is 9.65. The smallest absolute Gasteiger partial charge is 0.161 e. The molecule has 1 aliphatic heterocycles. The molecule has 0 aliphatic carbocycles. The topological polar surface area (TPSA) is 68.5 Å². The van der Waals surface area contributed by atoms with Crippen LogP contribution in [0.25, 0.3) is 11.3 Å². The highest BCUT2D eigenvalue weighted by Gasteiger charge is 2.15. The Bertz CT molecular complexity index is 699. The molecule has 1 unspecified atom stereocenters. The Hall–Kier alpha value is -2.05. The van der Waals surface area contributed by atoms with Crippen molar-refractivity contribution in [3.63, 3.8) is 0 Å². The molecule has 3 rings (SSSR count). The van der Waals surface area contributed by atoms with E-state index in [9.17, 15) is 5.11 Å². The summed E-state index contributed by atoms with van der Waals surface area (Å²) < 4.78 is 13.3. The van der Waals surface area contributed by atoms with Crippen molar-refractivity contribution >= 4 is 0 Å². The number of aromatic nitrogens is 2. The predicted molar refractivity (Wildman–Crippen MR) is 96.9 cm³/mol. The van der Waals surface area contributed by atoms with Crippen molar-refractivity contribution in [3.05, 3.63) is 30.0 Å². The molecule has 1 atom stereocenters. The molecule has 2 heterocycles. The Morgan fingerprint density at radius 1 is 1.28 bits per heavy atom. The van der Waals surface area contributed by atoms with Gasteiger partial charge < -0.3 is 19.9 Å². The molecule has 2 N–H and O–H groups in total. The van der Waals surface area contributed by atoms with E-state index in [4.69, 9.17) is 9.47 Å². The summed E-state index contributed by atoms with van der Waals surface area (Å²) in [6.07, 6.45) is 4.24. The highest BCUT2D eigenvalue weighted by molar-refractivity contribution is 5.66. The van der Waals surface area contributed by atoms with E-state index in [-0.39, 0.29) is 6.10 Å². The van der Waals surface area contributed by atoms with Gasteiger partial charge in [0, 0.05) is 37.3 Å². The van der Waals surface area contributed by atoms with Crippen molar-refractivity contribution in [1.29, 1.82) is 0 Å². The molecule has 6 nitrogen and oxygen atoms in total. The van der Waals surface area contributed by atoms with Gasteiger partial charge in [0.1, 0.15) is 0 Å². The quantitative estimate of drug-likeness (QED) is 0.755. The molecule has 0 amide bonds. The first kappa shape index (κ1) is 17.8. The minimum Gasteiger partial charge on any atom is -0.490 e. The van der Waals surface area contributed by atoms with E-state index in [1.807, 2.05) is 43.0 Å². The number of rotatable bonds is 7. The molecule has 0 radical (unpaired) electrons. The molecular weight excluding hydrogens is 318 g/mol. The van der Waals surface area contributed by atoms with Crippen LogP contribution in [0.3, 0.4) is 0 Å². The lowest BCUT2D eigenvalue weighted by Crippen LogP contribution is -2.19. The van der Waals surface area contributed by atoms with Gasteiger partial charge in [-0.2, -0.15) is 5.10 Å². The number of aryl methyl sites for hydroxylation is 1. The van der Waals surface area contributed by atoms with Crippen molar-refractivity contribution in [2.75, 3.05) is 19.8 Å². The molecular formula is C19H27N3O3. The summed E-state index contributed by atoms with van der Waals surface area (Å²) in [5.74, 6) is 1.58. The van der Waals surface area contributed by atoms with Gasteiger partial charge in [0.25, 0.3) is 0 Å². The SMILES string of the molecule is CCC(O)CCNCc1cn(C)nc1-c1ccc2c(c1)OCCCO2. The van der Waals surface area contributed by atoms with Gasteiger partial charge in [-0.15, -0.1) is 0 Å². The fraction of sp³-hybridized carbons (Fsp3) is 0.526. The summed E-state index contributed by atoms with van der Waals surface area (Å²) in [4.78, 5) is 0. The van der Waals surface area contributed by atoms with E-state index in [0.29, 0.717) is 19.8 Å². The largest absolute Gasteiger partial charge is 0.490 e. The Morgan fingerprint density at radius 3 is 2.88 bits per heavy atom. The Labute approximate surface area is 148 Å². The number of nitrogens with zero attached hydrogens (tertiary/aromatic N) is 2. The molecule has 1 aliphatic rings. The minimum atomic E-state index is -0.234. The number of hydrogen-bond donors (Lipinski definition) is 2. The molecule has 0 saturated carbocycles. The Kier molecular flexibility index (Phi) is 5.94. The van der Waals surface area contributed by atoms with E-state index >= 15 is 0 Å². The third kappa shape index (κ3) is 4.52. The maximum absolute atomic E-state index is 9.65. The van der Waals surface area contributed by atoms with E-state index in [2.05, 4.69) is 10.4 Å². The van der Waals surface area contributed by atoms with Crippen LogP contribution >= 0.6 is 0 Å². The highest BCUT2D eigenvalue weighted by atomic mass is 16.5. The second-order valence-corrected chi connectivity index (χ2v) is 6.42. The van der Waals surface area contributed by atoms with Crippen LogP contribution in [0.5, 0.6) is 11.5 Å². The second kappa shape index (κ2) is 8.36. The van der Waals surface area contributed by atoms with Gasteiger partial charge in [-0.1, -0.05) is 6.92 Å². The van der Waals surface area contributed by atoms with Gasteiger partial charge in [-0.05, 0) is 37.6 Å². The summed E-state index contributed by atoms with van der Waals surface area (Å²) >= 11 is 0. The molecule has 1 aromatic heterocycles. The molecule has 136 valence electrons. The minimum absolute atomic E-state index is 0.234. The average Bonchev–Trinajstić information content (AvgIpc) is 2.84. The van der Waals surface area contributed by atoms with Crippen molar-refractivity contribution in [1.82, 2.24) is 15.1 Å². The lowest BCUT2D eigenvalue weighted by Gasteiger charge is -2.10. The molecule has 0 saturated heterocycles. The Balaban J connectivity index is 1.73. The number of benzene rings is 1. The third-order valence-corrected chi connectivity index (χ3v) is 4.37. The summed E-state index contributed by atoms with van der Waals surface area (Å²) in [7, 11) is 1.93. The summed E-state index contributed by atoms with van der Waals surface area (Å²) in [6, 6.07) is 5.99. The number of aliphatic hydroxyl groups is 1. The summed E-state index contributed by atoms with van der Waals surface area (Å²) in [5, 5.41) is 17.7. The van der Waals surface area contributed by atoms with Gasteiger partial charge in [-0.25, -0.2) is 0 Å². The maximum Gasteiger partial charge on any atom is 0.161 e. The number of ether oxygens (including phenoxy) is 2. The van der Waals surface area contributed by atoms with Gasteiger partial charge in [0.15, 0.2) is 11.5 Å². The number of hydrogen-bond acceptors (Lipinski definition) is 5. The predicted octanol–water partition coefficient (Wildman–Crippen LogP) is 2.50. The summed E-state index contributed by atoms with van der Waals surface area (Å²) in [5.41, 5.74) is 3.10. The van der Waals surface area contributed by atoms with Crippen molar-refractivity contribution in [2.45, 2.75) is 38.8 Å². The number of fused-ring (bicyclic) bond motifs is 1. The fourth-order valence-corrected chi connectivity index (χ4v) is 2.92. The van der Waals surface area contributed by atoms with Crippen molar-refractivity contribution in [2.24, 2.45) is 7.05 Å². The van der Waals surface area contributed by atoms with Crippen LogP contribution in [-0.2, 0) is 13.6 Å². The van der Waals surface area contributed by atoms with Crippen LogP contribution in [0.4, 0.5) is 0 Å². The fourth-order valence-electron chi connectivity index (χ4n) is 2.92. The zero-order chi connectivity index (χ0) is 17.6. The molecule has 2 aromatic rings. The van der Waals surface area contributed by atoms with Crippen LogP contribution in [0.2, 0.25) is 0 Å². The van der Waals surface area contributed by atoms with Crippen LogP contribution in [0, 0.1) is 0 Å². The van der Waals surface area contributed by atoms with Gasteiger partial charge in [-0.3, -0.25) is 4.68 Å². The highest BCUT2D eigenvalue weighted by Crippen LogP contribution is 2.34. The molecule has 25 heavy (non-hydrogen) atoms. The van der Waals surface area contributed by atoms with Gasteiger partial charge in [0.2, 0.25) is 0 Å². The standard InChI is InChI=1S/C19H27N3O3/c1-3-16(23)7-8-20-12-15-13-22(2)21-19(15)14-5-6-17-18(11-14)25-10-4-9-24-17/h5-6,11,13,16,20,23H,3-4,7-10,12H2,1-2H3. The van der Waals surface area contributed by atoms with Crippen molar-refractivity contribution in [3.8, 4) is 22.8 Å². The molecule has 0 bridgehead atoms.